The number of para-hydroxylation sites is 1. The summed E-state index contributed by atoms with van der Waals surface area (Å²) >= 11 is 6.25. The number of hydrogen-bond acceptors (Lipinski definition) is 7. The van der Waals surface area contributed by atoms with E-state index in [-0.39, 0.29) is 22.0 Å². The van der Waals surface area contributed by atoms with Crippen LogP contribution in [0.4, 0.5) is 0 Å². The molecule has 2 aromatic heterocycles. The van der Waals surface area contributed by atoms with Gasteiger partial charge in [0.2, 0.25) is 0 Å². The molecule has 4 rings (SSSR count). The van der Waals surface area contributed by atoms with Crippen molar-refractivity contribution in [1.29, 1.82) is 5.26 Å². The van der Waals surface area contributed by atoms with Crippen molar-refractivity contribution >= 4 is 34.6 Å². The molecule has 9 nitrogen and oxygen atoms in total. The number of hydrazone groups is 1. The Balaban J connectivity index is 1.65. The minimum atomic E-state index is -0.693. The highest BCUT2D eigenvalue weighted by Crippen LogP contribution is 2.23. The molecule has 0 aliphatic rings. The molecule has 34 heavy (non-hydrogen) atoms. The van der Waals surface area contributed by atoms with Gasteiger partial charge in [0.05, 0.1) is 24.5 Å². The van der Waals surface area contributed by atoms with Gasteiger partial charge < -0.3 is 4.74 Å². The summed E-state index contributed by atoms with van der Waals surface area (Å²) in [5.74, 6) is -0.0299. The van der Waals surface area contributed by atoms with Gasteiger partial charge in [-0.05, 0) is 43.3 Å². The molecule has 0 unspecified atom stereocenters. The van der Waals surface area contributed by atoms with Gasteiger partial charge in [0.1, 0.15) is 22.5 Å². The third-order valence-corrected chi connectivity index (χ3v) is 5.34. The number of ether oxygens (including phenoxy) is 1. The fraction of sp³-hybridized carbons (Fsp3) is 0.0833. The molecule has 4 aromatic rings. The van der Waals surface area contributed by atoms with Gasteiger partial charge in [-0.15, -0.1) is 0 Å². The molecule has 168 valence electrons. The van der Waals surface area contributed by atoms with Crippen molar-refractivity contribution in [2.75, 3.05) is 7.11 Å². The topological polar surface area (TPSA) is 122 Å². The minimum Gasteiger partial charge on any atom is -0.497 e. The van der Waals surface area contributed by atoms with Crippen LogP contribution in [0.2, 0.25) is 5.15 Å². The summed E-state index contributed by atoms with van der Waals surface area (Å²) in [6, 6.07) is 17.5. The zero-order chi connectivity index (χ0) is 24.2. The highest BCUT2D eigenvalue weighted by Gasteiger charge is 2.20. The van der Waals surface area contributed by atoms with E-state index in [1.54, 1.807) is 61.7 Å². The first-order valence-corrected chi connectivity index (χ1v) is 10.4. The van der Waals surface area contributed by atoms with Crippen molar-refractivity contribution in [3.63, 3.8) is 0 Å². The number of nitriles is 1. The molecule has 1 amide bonds. The fourth-order valence-corrected chi connectivity index (χ4v) is 3.47. The van der Waals surface area contributed by atoms with E-state index in [2.05, 4.69) is 20.6 Å². The maximum Gasteiger partial charge on any atom is 0.292 e. The Morgan fingerprint density at radius 2 is 2.00 bits per heavy atom. The summed E-state index contributed by atoms with van der Waals surface area (Å²) in [6.45, 7) is 1.48. The molecule has 1 N–H and O–H groups in total. The van der Waals surface area contributed by atoms with Crippen molar-refractivity contribution in [2.24, 2.45) is 5.10 Å². The molecule has 2 heterocycles. The van der Waals surface area contributed by atoms with Crippen LogP contribution in [-0.2, 0) is 0 Å². The number of rotatable bonds is 5. The lowest BCUT2D eigenvalue weighted by Gasteiger charge is -2.10. The van der Waals surface area contributed by atoms with Crippen molar-refractivity contribution in [1.82, 2.24) is 20.2 Å². The molecule has 0 radical (unpaired) electrons. The molecule has 0 spiro atoms. The number of methoxy groups -OCH3 is 1. The summed E-state index contributed by atoms with van der Waals surface area (Å²) < 4.78 is 6.24. The Morgan fingerprint density at radius 3 is 2.71 bits per heavy atom. The summed E-state index contributed by atoms with van der Waals surface area (Å²) in [7, 11) is 1.57. The Labute approximate surface area is 198 Å². The molecule has 2 aromatic carbocycles. The largest absolute Gasteiger partial charge is 0.497 e. The molecular weight excluding hydrogens is 456 g/mol. The predicted molar refractivity (Wildman–Crippen MR) is 128 cm³/mol. The van der Waals surface area contributed by atoms with Crippen LogP contribution in [0.15, 0.2) is 64.5 Å². The average molecular weight is 473 g/mol. The monoisotopic (exact) mass is 472 g/mol. The first-order valence-electron chi connectivity index (χ1n) is 10.00. The van der Waals surface area contributed by atoms with Gasteiger partial charge in [-0.3, -0.25) is 9.59 Å². The zero-order valence-corrected chi connectivity index (χ0v) is 18.9. The molecule has 0 atom stereocenters. The number of carbonyl (C=O) groups is 1. The SMILES string of the molecule is COc1ccc2nc(Cl)c(/C=N/NC(=O)c3nn(-c4ccccc4)c(=O)c(C#N)c3C)cc2c1. The zero-order valence-electron chi connectivity index (χ0n) is 18.1. The standard InChI is InChI=1S/C24H17ClN6O3/c1-14-19(12-26)24(33)31(17-6-4-3-5-7-17)30-21(14)23(32)29-27-13-16-10-15-11-18(34-2)8-9-20(15)28-22(16)25/h3-11,13H,1-2H3,(H,29,32)/b27-13+. The van der Waals surface area contributed by atoms with E-state index in [9.17, 15) is 14.9 Å². The molecule has 0 saturated carbocycles. The third-order valence-electron chi connectivity index (χ3n) is 5.04. The van der Waals surface area contributed by atoms with Crippen LogP contribution in [0.5, 0.6) is 5.75 Å². The third kappa shape index (κ3) is 4.35. The second-order valence-electron chi connectivity index (χ2n) is 7.14. The van der Waals surface area contributed by atoms with Crippen molar-refractivity contribution in [3.05, 3.63) is 92.5 Å². The molecule has 10 heteroatoms. The quantitative estimate of drug-likeness (QED) is 0.270. The maximum absolute atomic E-state index is 12.8. The Kier molecular flexibility index (Phi) is 6.34. The summed E-state index contributed by atoms with van der Waals surface area (Å²) in [4.78, 5) is 29.8. The molecular formula is C24H17ClN6O3. The number of fused-ring (bicyclic) bond motifs is 1. The lowest BCUT2D eigenvalue weighted by Crippen LogP contribution is -2.31. The van der Waals surface area contributed by atoms with Crippen LogP contribution in [0, 0.1) is 18.3 Å². The second kappa shape index (κ2) is 9.52. The van der Waals surface area contributed by atoms with Gasteiger partial charge in [-0.25, -0.2) is 10.4 Å². The van der Waals surface area contributed by atoms with E-state index >= 15 is 0 Å². The number of benzene rings is 2. The molecule has 0 aliphatic heterocycles. The van der Waals surface area contributed by atoms with Crippen LogP contribution >= 0.6 is 11.6 Å². The van der Waals surface area contributed by atoms with Gasteiger partial charge in [-0.2, -0.15) is 20.1 Å². The number of nitrogens with one attached hydrogen (secondary N) is 1. The average Bonchev–Trinajstić information content (AvgIpc) is 2.85. The maximum atomic E-state index is 12.8. The Bertz CT molecular complexity index is 1540. The second-order valence-corrected chi connectivity index (χ2v) is 7.50. The van der Waals surface area contributed by atoms with Gasteiger partial charge in [0.15, 0.2) is 5.69 Å². The van der Waals surface area contributed by atoms with Crippen LogP contribution in [0.25, 0.3) is 16.6 Å². The highest BCUT2D eigenvalue weighted by molar-refractivity contribution is 6.32. The van der Waals surface area contributed by atoms with Crippen molar-refractivity contribution < 1.29 is 9.53 Å². The predicted octanol–water partition coefficient (Wildman–Crippen LogP) is 3.39. The van der Waals surface area contributed by atoms with Crippen molar-refractivity contribution in [3.8, 4) is 17.5 Å². The van der Waals surface area contributed by atoms with E-state index in [4.69, 9.17) is 16.3 Å². The van der Waals surface area contributed by atoms with Crippen LogP contribution in [-0.4, -0.2) is 34.0 Å². The number of carbonyl (C=O) groups excluding carboxylic acids is 1. The first kappa shape index (κ1) is 22.6. The lowest BCUT2D eigenvalue weighted by atomic mass is 10.1. The van der Waals surface area contributed by atoms with E-state index in [0.29, 0.717) is 22.5 Å². The lowest BCUT2D eigenvalue weighted by molar-refractivity contribution is 0.0947. The smallest absolute Gasteiger partial charge is 0.292 e. The molecule has 0 bridgehead atoms. The van der Waals surface area contributed by atoms with Gasteiger partial charge in [-0.1, -0.05) is 29.8 Å². The number of nitrogens with zero attached hydrogens (tertiary/aromatic N) is 5. The number of pyridine rings is 1. The normalized spacial score (nSPS) is 10.9. The molecule has 0 fully saturated rings. The fourth-order valence-electron chi connectivity index (χ4n) is 3.27. The number of halogens is 1. The summed E-state index contributed by atoms with van der Waals surface area (Å²) in [6.07, 6.45) is 1.35. The molecule has 0 aliphatic carbocycles. The Morgan fingerprint density at radius 1 is 1.24 bits per heavy atom. The van der Waals surface area contributed by atoms with E-state index in [0.717, 1.165) is 10.1 Å². The van der Waals surface area contributed by atoms with Gasteiger partial charge in [0.25, 0.3) is 11.5 Å². The van der Waals surface area contributed by atoms with E-state index in [1.807, 2.05) is 6.07 Å². The number of hydrogen-bond donors (Lipinski definition) is 1. The number of amides is 1. The minimum absolute atomic E-state index is 0.107. The van der Waals surface area contributed by atoms with Gasteiger partial charge >= 0.3 is 0 Å². The molecule has 0 saturated heterocycles. The van der Waals surface area contributed by atoms with E-state index < -0.39 is 11.5 Å². The summed E-state index contributed by atoms with van der Waals surface area (Å²) in [5.41, 5.74) is 3.20. The van der Waals surface area contributed by atoms with E-state index in [1.165, 1.54) is 13.1 Å². The Hall–Kier alpha value is -4.55. The number of aromatic nitrogens is 3. The van der Waals surface area contributed by atoms with Crippen molar-refractivity contribution in [2.45, 2.75) is 6.92 Å². The van der Waals surface area contributed by atoms with Crippen LogP contribution < -0.4 is 15.7 Å². The van der Waals surface area contributed by atoms with Gasteiger partial charge in [0, 0.05) is 16.5 Å². The van der Waals surface area contributed by atoms with Crippen LogP contribution in [0.3, 0.4) is 0 Å². The first-order chi connectivity index (χ1) is 16.4. The highest BCUT2D eigenvalue weighted by atomic mass is 35.5. The summed E-state index contributed by atoms with van der Waals surface area (Å²) in [5, 5.41) is 18.6. The van der Waals surface area contributed by atoms with Crippen LogP contribution in [0.1, 0.15) is 27.2 Å².